The average molecular weight is 281 g/mol. The maximum atomic E-state index is 4.48. The van der Waals surface area contributed by atoms with Crippen molar-refractivity contribution in [2.45, 2.75) is 13.8 Å². The van der Waals surface area contributed by atoms with Gasteiger partial charge in [0.2, 0.25) is 0 Å². The van der Waals surface area contributed by atoms with Crippen molar-refractivity contribution in [3.63, 3.8) is 0 Å². The zero-order valence-electron chi connectivity index (χ0n) is 11.4. The molecule has 4 heteroatoms. The van der Waals surface area contributed by atoms with Gasteiger partial charge in [0, 0.05) is 11.1 Å². The first-order chi connectivity index (χ1) is 9.72. The molecule has 1 N–H and O–H groups in total. The lowest BCUT2D eigenvalue weighted by Gasteiger charge is -2.03. The molecule has 0 aliphatic rings. The van der Waals surface area contributed by atoms with Crippen LogP contribution < -0.4 is 5.32 Å². The second kappa shape index (κ2) is 5.43. The Morgan fingerprint density at radius 3 is 2.70 bits per heavy atom. The maximum Gasteiger partial charge on any atom is 0.142 e. The molecule has 3 aromatic rings. The van der Waals surface area contributed by atoms with Crippen molar-refractivity contribution >= 4 is 33.4 Å². The van der Waals surface area contributed by atoms with Gasteiger partial charge in [-0.2, -0.15) is 0 Å². The van der Waals surface area contributed by atoms with Gasteiger partial charge < -0.3 is 5.32 Å². The molecule has 0 aliphatic carbocycles. The van der Waals surface area contributed by atoms with E-state index in [1.807, 2.05) is 37.4 Å². The Morgan fingerprint density at radius 1 is 1.10 bits per heavy atom. The number of hydrogen-bond acceptors (Lipinski definition) is 4. The van der Waals surface area contributed by atoms with Crippen molar-refractivity contribution in [1.29, 1.82) is 0 Å². The molecule has 0 fully saturated rings. The first-order valence-electron chi connectivity index (χ1n) is 6.45. The number of nitrogens with zero attached hydrogens (tertiary/aromatic N) is 2. The van der Waals surface area contributed by atoms with E-state index in [1.54, 1.807) is 11.3 Å². The Balaban J connectivity index is 1.89. The Labute approximate surface area is 122 Å². The first kappa shape index (κ1) is 12.8. The summed E-state index contributed by atoms with van der Waals surface area (Å²) in [4.78, 5) is 11.2. The van der Waals surface area contributed by atoms with Crippen LogP contribution in [0.2, 0.25) is 0 Å². The highest BCUT2D eigenvalue weighted by atomic mass is 32.1. The zero-order valence-corrected chi connectivity index (χ0v) is 12.2. The molecule has 3 nitrogen and oxygen atoms in total. The Morgan fingerprint density at radius 2 is 1.90 bits per heavy atom. The predicted octanol–water partition coefficient (Wildman–Crippen LogP) is 4.39. The highest BCUT2D eigenvalue weighted by Crippen LogP contribution is 2.28. The van der Waals surface area contributed by atoms with Gasteiger partial charge in [-0.1, -0.05) is 30.3 Å². The second-order valence-electron chi connectivity index (χ2n) is 4.58. The smallest absolute Gasteiger partial charge is 0.142 e. The van der Waals surface area contributed by atoms with E-state index in [1.165, 1.54) is 4.88 Å². The third-order valence-electron chi connectivity index (χ3n) is 2.92. The van der Waals surface area contributed by atoms with Crippen molar-refractivity contribution < 1.29 is 0 Å². The number of hydrogen-bond donors (Lipinski definition) is 1. The van der Waals surface area contributed by atoms with Crippen molar-refractivity contribution in [1.82, 2.24) is 9.97 Å². The summed E-state index contributed by atoms with van der Waals surface area (Å²) in [6.07, 6.45) is 3.95. The lowest BCUT2D eigenvalue weighted by molar-refractivity contribution is 1.10. The van der Waals surface area contributed by atoms with Gasteiger partial charge in [-0.25, -0.2) is 9.97 Å². The van der Waals surface area contributed by atoms with E-state index in [2.05, 4.69) is 40.4 Å². The Hall–Kier alpha value is -2.20. The summed E-state index contributed by atoms with van der Waals surface area (Å²) < 4.78 is 0. The van der Waals surface area contributed by atoms with Crippen molar-refractivity contribution in [3.05, 3.63) is 58.9 Å². The molecule has 2 heterocycles. The summed E-state index contributed by atoms with van der Waals surface area (Å²) in [6.45, 7) is 4.01. The molecule has 0 unspecified atom stereocenters. The molecular formula is C16H15N3S. The van der Waals surface area contributed by atoms with Crippen LogP contribution in [0.15, 0.2) is 42.6 Å². The first-order valence-corrected chi connectivity index (χ1v) is 7.27. The quantitative estimate of drug-likeness (QED) is 0.773. The highest BCUT2D eigenvalue weighted by Gasteiger charge is 2.07. The minimum absolute atomic E-state index is 0.787. The van der Waals surface area contributed by atoms with Gasteiger partial charge in [-0.05, 0) is 31.6 Å². The van der Waals surface area contributed by atoms with Crippen molar-refractivity contribution in [3.8, 4) is 0 Å². The zero-order chi connectivity index (χ0) is 13.9. The fourth-order valence-electron chi connectivity index (χ4n) is 2.04. The van der Waals surface area contributed by atoms with Crippen LogP contribution in [0, 0.1) is 13.8 Å². The lowest BCUT2D eigenvalue weighted by atomic mass is 10.2. The van der Waals surface area contributed by atoms with Gasteiger partial charge in [0.1, 0.15) is 16.5 Å². The number of aromatic nitrogens is 2. The van der Waals surface area contributed by atoms with E-state index in [0.717, 1.165) is 27.4 Å². The average Bonchev–Trinajstić information content (AvgIpc) is 2.80. The number of benzene rings is 1. The highest BCUT2D eigenvalue weighted by molar-refractivity contribution is 7.18. The Bertz CT molecular complexity index is 760. The van der Waals surface area contributed by atoms with Gasteiger partial charge in [0.25, 0.3) is 0 Å². The molecule has 0 atom stereocenters. The third-order valence-corrected chi connectivity index (χ3v) is 3.87. The molecular weight excluding hydrogens is 266 g/mol. The monoisotopic (exact) mass is 281 g/mol. The molecule has 0 saturated carbocycles. The molecule has 0 saturated heterocycles. The summed E-state index contributed by atoms with van der Waals surface area (Å²) in [7, 11) is 0. The molecule has 0 radical (unpaired) electrons. The van der Waals surface area contributed by atoms with E-state index < -0.39 is 0 Å². The van der Waals surface area contributed by atoms with Gasteiger partial charge in [-0.15, -0.1) is 11.3 Å². The van der Waals surface area contributed by atoms with E-state index in [-0.39, 0.29) is 0 Å². The molecule has 3 rings (SSSR count). The van der Waals surface area contributed by atoms with E-state index in [0.29, 0.717) is 0 Å². The van der Waals surface area contributed by atoms with Crippen LogP contribution in [0.3, 0.4) is 0 Å². The molecule has 100 valence electrons. The number of aryl methyl sites for hydroxylation is 2. The fraction of sp³-hybridized carbons (Fsp3) is 0.125. The van der Waals surface area contributed by atoms with Crippen LogP contribution in [0.5, 0.6) is 0 Å². The van der Waals surface area contributed by atoms with Crippen LogP contribution in [0.25, 0.3) is 16.3 Å². The predicted molar refractivity (Wildman–Crippen MR) is 86.0 cm³/mol. The molecule has 2 aromatic heterocycles. The number of thiophene rings is 1. The SMILES string of the molecule is Cc1nc(NC=Cc2ccccc2)c2cc(C)sc2n1. The molecule has 0 spiro atoms. The molecule has 1 aromatic carbocycles. The fourth-order valence-corrected chi connectivity index (χ4v) is 2.96. The van der Waals surface area contributed by atoms with Gasteiger partial charge in [0.05, 0.1) is 5.39 Å². The summed E-state index contributed by atoms with van der Waals surface area (Å²) in [5.41, 5.74) is 1.16. The van der Waals surface area contributed by atoms with Crippen molar-refractivity contribution in [2.75, 3.05) is 5.32 Å². The summed E-state index contributed by atoms with van der Waals surface area (Å²) in [5, 5.41) is 4.34. The second-order valence-corrected chi connectivity index (χ2v) is 5.82. The van der Waals surface area contributed by atoms with Crippen LogP contribution in [-0.2, 0) is 0 Å². The summed E-state index contributed by atoms with van der Waals surface area (Å²) in [5.74, 6) is 1.65. The topological polar surface area (TPSA) is 37.8 Å². The van der Waals surface area contributed by atoms with Crippen LogP contribution in [-0.4, -0.2) is 9.97 Å². The van der Waals surface area contributed by atoms with Crippen LogP contribution >= 0.6 is 11.3 Å². The third kappa shape index (κ3) is 2.70. The number of rotatable bonds is 3. The molecule has 0 bridgehead atoms. The van der Waals surface area contributed by atoms with Crippen LogP contribution in [0.4, 0.5) is 5.82 Å². The van der Waals surface area contributed by atoms with Gasteiger partial charge >= 0.3 is 0 Å². The minimum Gasteiger partial charge on any atom is -0.346 e. The van der Waals surface area contributed by atoms with Gasteiger partial charge in [-0.3, -0.25) is 0 Å². The minimum atomic E-state index is 0.787. The number of nitrogens with one attached hydrogen (secondary N) is 1. The molecule has 20 heavy (non-hydrogen) atoms. The Kier molecular flexibility index (Phi) is 3.48. The van der Waals surface area contributed by atoms with E-state index in [4.69, 9.17) is 0 Å². The number of anilines is 1. The van der Waals surface area contributed by atoms with Gasteiger partial charge in [0.15, 0.2) is 0 Å². The normalized spacial score (nSPS) is 11.3. The maximum absolute atomic E-state index is 4.48. The lowest BCUT2D eigenvalue weighted by Crippen LogP contribution is -1.96. The van der Waals surface area contributed by atoms with Crippen molar-refractivity contribution in [2.24, 2.45) is 0 Å². The largest absolute Gasteiger partial charge is 0.346 e. The molecule has 0 aliphatic heterocycles. The number of fused-ring (bicyclic) bond motifs is 1. The van der Waals surface area contributed by atoms with Crippen LogP contribution in [0.1, 0.15) is 16.3 Å². The standard InChI is InChI=1S/C16H15N3S/c1-11-10-14-15(18-12(2)19-16(14)20-11)17-9-8-13-6-4-3-5-7-13/h3-10H,1-2H3,(H,17,18,19). The van der Waals surface area contributed by atoms with E-state index >= 15 is 0 Å². The summed E-state index contributed by atoms with van der Waals surface area (Å²) in [6, 6.07) is 12.3. The summed E-state index contributed by atoms with van der Waals surface area (Å²) >= 11 is 1.70. The van der Waals surface area contributed by atoms with E-state index in [9.17, 15) is 0 Å². The molecule has 0 amide bonds.